The number of hydrogen-bond acceptors (Lipinski definition) is 2. The lowest BCUT2D eigenvalue weighted by molar-refractivity contribution is 0.0424. The highest BCUT2D eigenvalue weighted by Gasteiger charge is 2.43. The molecule has 2 heterocycles. The second-order valence-electron chi connectivity index (χ2n) is 6.09. The summed E-state index contributed by atoms with van der Waals surface area (Å²) in [6, 6.07) is 0.316. The van der Waals surface area contributed by atoms with E-state index in [2.05, 4.69) is 15.1 Å². The van der Waals surface area contributed by atoms with Crippen molar-refractivity contribution in [2.24, 2.45) is 0 Å². The van der Waals surface area contributed by atoms with Crippen LogP contribution in [0.1, 0.15) is 44.9 Å². The lowest BCUT2D eigenvalue weighted by Gasteiger charge is -2.50. The topological polar surface area (TPSA) is 35.6 Å². The van der Waals surface area contributed by atoms with E-state index in [1.165, 1.54) is 44.9 Å². The summed E-state index contributed by atoms with van der Waals surface area (Å²) in [7, 11) is 0. The van der Waals surface area contributed by atoms with Crippen molar-refractivity contribution in [3.8, 4) is 0 Å². The number of hydrogen-bond donors (Lipinski definition) is 1. The maximum atomic E-state index is 12.7. The molecular formula is C14H25N3O. The van der Waals surface area contributed by atoms with Crippen LogP contribution in [0.3, 0.4) is 0 Å². The first-order chi connectivity index (χ1) is 8.82. The van der Waals surface area contributed by atoms with Crippen LogP contribution in [0, 0.1) is 0 Å². The third kappa shape index (κ3) is 2.11. The van der Waals surface area contributed by atoms with E-state index >= 15 is 0 Å². The molecule has 0 radical (unpaired) electrons. The van der Waals surface area contributed by atoms with Gasteiger partial charge in [-0.25, -0.2) is 4.79 Å². The Labute approximate surface area is 110 Å². The van der Waals surface area contributed by atoms with Crippen LogP contribution in [0.15, 0.2) is 0 Å². The Hall–Kier alpha value is -0.770. The summed E-state index contributed by atoms with van der Waals surface area (Å²) in [5, 5.41) is 3.51. The fourth-order valence-electron chi connectivity index (χ4n) is 3.88. The molecule has 1 aliphatic carbocycles. The quantitative estimate of drug-likeness (QED) is 0.712. The minimum atomic E-state index is 0.135. The standard InChI is InChI=1S/C14H25N3O/c18-13(16-9-4-5-10-16)17-11-8-15-12-14(17)6-2-1-3-7-14/h15H,1-12H2. The van der Waals surface area contributed by atoms with Gasteiger partial charge in [0.1, 0.15) is 0 Å². The summed E-state index contributed by atoms with van der Waals surface area (Å²) in [4.78, 5) is 17.0. The number of carbonyl (C=O) groups is 1. The molecule has 1 spiro atoms. The van der Waals surface area contributed by atoms with Gasteiger partial charge in [0.25, 0.3) is 0 Å². The van der Waals surface area contributed by atoms with Crippen LogP contribution in [0.2, 0.25) is 0 Å². The first-order valence-corrected chi connectivity index (χ1v) is 7.59. The minimum absolute atomic E-state index is 0.135. The Bertz CT molecular complexity index is 298. The Morgan fingerprint density at radius 1 is 0.944 bits per heavy atom. The zero-order chi connectivity index (χ0) is 12.4. The van der Waals surface area contributed by atoms with Crippen LogP contribution in [0.25, 0.3) is 0 Å². The summed E-state index contributed by atoms with van der Waals surface area (Å²) in [5.74, 6) is 0. The van der Waals surface area contributed by atoms with Gasteiger partial charge < -0.3 is 15.1 Å². The fourth-order valence-corrected chi connectivity index (χ4v) is 3.88. The second-order valence-corrected chi connectivity index (χ2v) is 6.09. The van der Waals surface area contributed by atoms with Crippen molar-refractivity contribution in [3.05, 3.63) is 0 Å². The predicted molar refractivity (Wildman–Crippen MR) is 71.6 cm³/mol. The normalized spacial score (nSPS) is 27.8. The van der Waals surface area contributed by atoms with Crippen molar-refractivity contribution >= 4 is 6.03 Å². The zero-order valence-corrected chi connectivity index (χ0v) is 11.3. The Morgan fingerprint density at radius 2 is 1.67 bits per heavy atom. The number of nitrogens with one attached hydrogen (secondary N) is 1. The maximum Gasteiger partial charge on any atom is 0.320 e. The Kier molecular flexibility index (Phi) is 3.46. The highest BCUT2D eigenvalue weighted by molar-refractivity contribution is 5.76. The van der Waals surface area contributed by atoms with E-state index in [1.54, 1.807) is 0 Å². The van der Waals surface area contributed by atoms with E-state index in [-0.39, 0.29) is 5.54 Å². The molecule has 0 bridgehead atoms. The Morgan fingerprint density at radius 3 is 2.39 bits per heavy atom. The molecule has 3 fully saturated rings. The highest BCUT2D eigenvalue weighted by Crippen LogP contribution is 2.35. The van der Waals surface area contributed by atoms with E-state index < -0.39 is 0 Å². The summed E-state index contributed by atoms with van der Waals surface area (Å²) in [5.41, 5.74) is 0.135. The summed E-state index contributed by atoms with van der Waals surface area (Å²) in [6.07, 6.45) is 8.67. The average molecular weight is 251 g/mol. The molecule has 2 amide bonds. The third-order valence-corrected chi connectivity index (χ3v) is 4.93. The monoisotopic (exact) mass is 251 g/mol. The lowest BCUT2D eigenvalue weighted by Crippen LogP contribution is -2.65. The zero-order valence-electron chi connectivity index (χ0n) is 11.3. The van der Waals surface area contributed by atoms with Gasteiger partial charge in [0.15, 0.2) is 0 Å². The van der Waals surface area contributed by atoms with Gasteiger partial charge in [-0.05, 0) is 25.7 Å². The van der Waals surface area contributed by atoms with E-state index in [0.717, 1.165) is 32.7 Å². The first kappa shape index (κ1) is 12.3. The van der Waals surface area contributed by atoms with Crippen molar-refractivity contribution in [2.75, 3.05) is 32.7 Å². The summed E-state index contributed by atoms with van der Waals surface area (Å²) in [6.45, 7) is 4.81. The van der Waals surface area contributed by atoms with Gasteiger partial charge in [0.05, 0.1) is 5.54 Å². The molecule has 2 saturated heterocycles. The van der Waals surface area contributed by atoms with Crippen molar-refractivity contribution in [1.82, 2.24) is 15.1 Å². The first-order valence-electron chi connectivity index (χ1n) is 7.59. The SMILES string of the molecule is O=C(N1CCCC1)N1CCNCC12CCCCC2. The molecular weight excluding hydrogens is 226 g/mol. The average Bonchev–Trinajstić information content (AvgIpc) is 2.93. The molecule has 0 unspecified atom stereocenters. The molecule has 0 atom stereocenters. The molecule has 4 nitrogen and oxygen atoms in total. The van der Waals surface area contributed by atoms with E-state index in [1.807, 2.05) is 0 Å². The van der Waals surface area contributed by atoms with Gasteiger partial charge in [-0.3, -0.25) is 0 Å². The molecule has 18 heavy (non-hydrogen) atoms. The minimum Gasteiger partial charge on any atom is -0.325 e. The number of piperazine rings is 1. The molecule has 0 aromatic rings. The predicted octanol–water partition coefficient (Wildman–Crippen LogP) is 1.81. The van der Waals surface area contributed by atoms with Gasteiger partial charge in [0.2, 0.25) is 0 Å². The number of rotatable bonds is 0. The van der Waals surface area contributed by atoms with Crippen LogP contribution in [0.4, 0.5) is 4.79 Å². The number of amides is 2. The van der Waals surface area contributed by atoms with Gasteiger partial charge in [-0.2, -0.15) is 0 Å². The summed E-state index contributed by atoms with van der Waals surface area (Å²) < 4.78 is 0. The number of nitrogens with zero attached hydrogens (tertiary/aromatic N) is 2. The molecule has 3 aliphatic rings. The smallest absolute Gasteiger partial charge is 0.320 e. The molecule has 1 N–H and O–H groups in total. The van der Waals surface area contributed by atoms with E-state index in [4.69, 9.17) is 0 Å². The maximum absolute atomic E-state index is 12.7. The van der Waals surface area contributed by atoms with Crippen molar-refractivity contribution in [1.29, 1.82) is 0 Å². The van der Waals surface area contributed by atoms with Crippen LogP contribution >= 0.6 is 0 Å². The molecule has 102 valence electrons. The van der Waals surface area contributed by atoms with Crippen molar-refractivity contribution in [2.45, 2.75) is 50.5 Å². The van der Waals surface area contributed by atoms with Crippen LogP contribution in [0.5, 0.6) is 0 Å². The summed E-state index contributed by atoms with van der Waals surface area (Å²) >= 11 is 0. The van der Waals surface area contributed by atoms with Crippen LogP contribution < -0.4 is 5.32 Å². The Balaban J connectivity index is 1.76. The van der Waals surface area contributed by atoms with Gasteiger partial charge in [0, 0.05) is 32.7 Å². The van der Waals surface area contributed by atoms with E-state index in [0.29, 0.717) is 6.03 Å². The number of carbonyl (C=O) groups excluding carboxylic acids is 1. The molecule has 2 aliphatic heterocycles. The number of urea groups is 1. The molecule has 1 saturated carbocycles. The lowest BCUT2D eigenvalue weighted by atomic mass is 9.79. The van der Waals surface area contributed by atoms with Crippen LogP contribution in [-0.2, 0) is 0 Å². The number of likely N-dealkylation sites (tertiary alicyclic amines) is 1. The largest absolute Gasteiger partial charge is 0.325 e. The second kappa shape index (κ2) is 5.08. The highest BCUT2D eigenvalue weighted by atomic mass is 16.2. The molecule has 0 aromatic carbocycles. The van der Waals surface area contributed by atoms with Gasteiger partial charge in [-0.15, -0.1) is 0 Å². The fraction of sp³-hybridized carbons (Fsp3) is 0.929. The third-order valence-electron chi connectivity index (χ3n) is 4.93. The molecule has 3 rings (SSSR count). The molecule has 4 heteroatoms. The van der Waals surface area contributed by atoms with Gasteiger partial charge in [-0.1, -0.05) is 19.3 Å². The van der Waals surface area contributed by atoms with Crippen molar-refractivity contribution in [3.63, 3.8) is 0 Å². The molecule has 0 aromatic heterocycles. The van der Waals surface area contributed by atoms with Crippen LogP contribution in [-0.4, -0.2) is 54.1 Å². The van der Waals surface area contributed by atoms with E-state index in [9.17, 15) is 4.79 Å². The van der Waals surface area contributed by atoms with Crippen molar-refractivity contribution < 1.29 is 4.79 Å². The van der Waals surface area contributed by atoms with Gasteiger partial charge >= 0.3 is 6.03 Å².